The first kappa shape index (κ1) is 37.9. The third-order valence-electron chi connectivity index (χ3n) is 11.6. The number of aromatic amines is 1. The molecule has 1 aromatic heterocycles. The number of nitrogens with one attached hydrogen (secondary N) is 3. The summed E-state index contributed by atoms with van der Waals surface area (Å²) in [6.07, 6.45) is 6.52. The van der Waals surface area contributed by atoms with E-state index in [-0.39, 0.29) is 47.8 Å². The fourth-order valence-corrected chi connectivity index (χ4v) is 8.83. The van der Waals surface area contributed by atoms with Crippen LogP contribution in [0.5, 0.6) is 11.5 Å². The molecule has 0 spiro atoms. The molecule has 12 heteroatoms. The first-order valence-corrected chi connectivity index (χ1v) is 19.4. The van der Waals surface area contributed by atoms with Gasteiger partial charge in [-0.1, -0.05) is 54.8 Å². The number of hydrogen-bond acceptors (Lipinski definition) is 9. The molecule has 3 aliphatic heterocycles. The molecule has 11 nitrogen and oxygen atoms in total. The number of aryl methyl sites for hydroxylation is 1. The minimum atomic E-state index is -0.929. The number of anilines is 1. The molecule has 286 valence electrons. The van der Waals surface area contributed by atoms with Gasteiger partial charge in [0.1, 0.15) is 17.6 Å². The van der Waals surface area contributed by atoms with E-state index in [1.807, 2.05) is 6.07 Å². The highest BCUT2D eigenvalue weighted by atomic mass is 35.5. The van der Waals surface area contributed by atoms with Gasteiger partial charge in [-0.15, -0.1) is 0 Å². The highest BCUT2D eigenvalue weighted by molar-refractivity contribution is 6.33. The molecule has 4 fully saturated rings. The van der Waals surface area contributed by atoms with Crippen molar-refractivity contribution in [3.8, 4) is 11.5 Å². The van der Waals surface area contributed by atoms with Crippen molar-refractivity contribution < 1.29 is 29.3 Å². The van der Waals surface area contributed by atoms with Crippen LogP contribution in [-0.4, -0.2) is 71.4 Å². The number of pyridine rings is 1. The second-order valence-electron chi connectivity index (χ2n) is 15.0. The van der Waals surface area contributed by atoms with Gasteiger partial charge in [-0.05, 0) is 92.4 Å². The van der Waals surface area contributed by atoms with Crippen LogP contribution in [0, 0.1) is 5.92 Å². The summed E-state index contributed by atoms with van der Waals surface area (Å²) in [7, 11) is 1.54. The fourth-order valence-electron chi connectivity index (χ4n) is 8.60. The van der Waals surface area contributed by atoms with Crippen molar-refractivity contribution in [3.05, 3.63) is 98.3 Å². The van der Waals surface area contributed by atoms with Gasteiger partial charge >= 0.3 is 5.97 Å². The second-order valence-corrected chi connectivity index (χ2v) is 15.5. The molecule has 3 aromatic carbocycles. The van der Waals surface area contributed by atoms with E-state index in [4.69, 9.17) is 21.1 Å². The number of carbonyl (C=O) groups is 2. The van der Waals surface area contributed by atoms with Crippen LogP contribution < -0.4 is 20.9 Å². The molecule has 3 saturated heterocycles. The number of halogens is 1. The number of phenols is 1. The number of aliphatic hydroxyl groups is 1. The lowest BCUT2D eigenvalue weighted by Crippen LogP contribution is -2.53. The molecular weight excluding hydrogens is 708 g/mol. The van der Waals surface area contributed by atoms with E-state index in [1.54, 1.807) is 24.3 Å². The summed E-state index contributed by atoms with van der Waals surface area (Å²) in [6.45, 7) is 3.56. The smallest absolute Gasteiger partial charge is 0.316 e. The summed E-state index contributed by atoms with van der Waals surface area (Å²) in [6, 6.07) is 17.7. The van der Waals surface area contributed by atoms with E-state index in [9.17, 15) is 24.6 Å². The number of aromatic hydroxyl groups is 1. The van der Waals surface area contributed by atoms with Crippen LogP contribution in [0.3, 0.4) is 0 Å². The van der Waals surface area contributed by atoms with Crippen molar-refractivity contribution >= 4 is 40.1 Å². The maximum Gasteiger partial charge on any atom is 0.316 e. The van der Waals surface area contributed by atoms with Crippen molar-refractivity contribution in [2.24, 2.45) is 5.92 Å². The Hall–Kier alpha value is -4.42. The predicted molar refractivity (Wildman–Crippen MR) is 208 cm³/mol. The maximum absolute atomic E-state index is 13.8. The Bertz CT molecular complexity index is 2050. The summed E-state index contributed by atoms with van der Waals surface area (Å²) >= 11 is 6.62. The number of methoxy groups -OCH3 is 1. The number of H-pyrrole nitrogens is 1. The van der Waals surface area contributed by atoms with Crippen molar-refractivity contribution in [1.29, 1.82) is 0 Å². The lowest BCUT2D eigenvalue weighted by Gasteiger charge is -2.45. The molecule has 1 aliphatic carbocycles. The summed E-state index contributed by atoms with van der Waals surface area (Å²) in [5, 5.41) is 28.1. The van der Waals surface area contributed by atoms with E-state index < -0.39 is 11.5 Å². The summed E-state index contributed by atoms with van der Waals surface area (Å²) in [5.74, 6) is 0.690. The number of aliphatic hydroxyl groups excluding tert-OH is 1. The lowest BCUT2D eigenvalue weighted by molar-refractivity contribution is -0.165. The number of carbonyl (C=O) groups excluding carboxylic acids is 2. The Labute approximate surface area is 320 Å². The Morgan fingerprint density at radius 2 is 1.87 bits per heavy atom. The topological polar surface area (TPSA) is 153 Å². The van der Waals surface area contributed by atoms with Gasteiger partial charge in [-0.25, -0.2) is 0 Å². The Balaban J connectivity index is 0.922. The van der Waals surface area contributed by atoms with Crippen LogP contribution in [0.4, 0.5) is 5.69 Å². The van der Waals surface area contributed by atoms with E-state index in [0.717, 1.165) is 74.8 Å². The summed E-state index contributed by atoms with van der Waals surface area (Å²) < 4.78 is 11.9. The van der Waals surface area contributed by atoms with Gasteiger partial charge in [-0.2, -0.15) is 0 Å². The fraction of sp³-hybridized carbons (Fsp3) is 0.452. The van der Waals surface area contributed by atoms with Crippen LogP contribution in [0.15, 0.2) is 65.5 Å². The number of piperidine rings is 3. The first-order chi connectivity index (χ1) is 26.1. The van der Waals surface area contributed by atoms with Crippen LogP contribution >= 0.6 is 11.6 Å². The number of rotatable bonds is 14. The van der Waals surface area contributed by atoms with Gasteiger partial charge in [0, 0.05) is 49.1 Å². The van der Waals surface area contributed by atoms with Gasteiger partial charge in [-0.3, -0.25) is 19.3 Å². The van der Waals surface area contributed by atoms with Crippen LogP contribution in [0.1, 0.15) is 79.7 Å². The normalized spacial score (nSPS) is 20.8. The molecule has 5 N–H and O–H groups in total. The average molecular weight is 757 g/mol. The van der Waals surface area contributed by atoms with Crippen LogP contribution in [0.2, 0.25) is 5.02 Å². The number of esters is 1. The van der Waals surface area contributed by atoms with Gasteiger partial charge < -0.3 is 35.3 Å². The number of amides is 1. The van der Waals surface area contributed by atoms with Crippen LogP contribution in [-0.2, 0) is 32.7 Å². The Morgan fingerprint density at radius 1 is 1.07 bits per heavy atom. The van der Waals surface area contributed by atoms with Gasteiger partial charge in [0.15, 0.2) is 0 Å². The van der Waals surface area contributed by atoms with Gasteiger partial charge in [0.25, 0.3) is 0 Å². The molecular formula is C42H49ClN4O7. The number of benzene rings is 3. The van der Waals surface area contributed by atoms with Crippen molar-refractivity contribution in [3.63, 3.8) is 0 Å². The molecule has 4 aliphatic rings. The molecule has 4 heterocycles. The lowest BCUT2D eigenvalue weighted by atomic mass is 9.77. The minimum Gasteiger partial charge on any atom is -0.506 e. The second kappa shape index (κ2) is 16.5. The average Bonchev–Trinajstić information content (AvgIpc) is 3.68. The minimum absolute atomic E-state index is 0.00554. The number of nitrogens with zero attached hydrogens (tertiary/aromatic N) is 1. The number of phenolic OH excluding ortho intramolecular Hbond substituents is 1. The third kappa shape index (κ3) is 8.15. The molecule has 2 atom stereocenters. The van der Waals surface area contributed by atoms with Crippen molar-refractivity contribution in [2.45, 2.75) is 82.0 Å². The van der Waals surface area contributed by atoms with Crippen molar-refractivity contribution in [2.75, 3.05) is 38.6 Å². The SMILES string of the molecule is COc1cc(NC(=O)CCCc2cccc(C3(C(=O)O[C@H]4CN5CCC4CC5)CCCC3)c2)c(Cl)cc1CNC[C@H](O)c1ccc(O)c2[nH]c(=O)ccc12. The van der Waals surface area contributed by atoms with E-state index >= 15 is 0 Å². The maximum atomic E-state index is 13.8. The Morgan fingerprint density at radius 3 is 2.61 bits per heavy atom. The number of fused-ring (bicyclic) bond motifs is 4. The molecule has 2 bridgehead atoms. The largest absolute Gasteiger partial charge is 0.506 e. The number of ether oxygens (including phenoxy) is 2. The molecule has 0 radical (unpaired) electrons. The zero-order chi connectivity index (χ0) is 37.8. The zero-order valence-electron chi connectivity index (χ0n) is 30.7. The highest BCUT2D eigenvalue weighted by Gasteiger charge is 2.47. The summed E-state index contributed by atoms with van der Waals surface area (Å²) in [4.78, 5) is 43.7. The highest BCUT2D eigenvalue weighted by Crippen LogP contribution is 2.44. The zero-order valence-corrected chi connectivity index (χ0v) is 31.4. The van der Waals surface area contributed by atoms with Crippen molar-refractivity contribution in [1.82, 2.24) is 15.2 Å². The molecule has 54 heavy (non-hydrogen) atoms. The van der Waals surface area contributed by atoms with E-state index in [1.165, 1.54) is 19.2 Å². The van der Waals surface area contributed by atoms with Gasteiger partial charge in [0.05, 0.1) is 34.9 Å². The number of hydrogen-bond donors (Lipinski definition) is 5. The Kier molecular flexibility index (Phi) is 11.6. The van der Waals surface area contributed by atoms with Gasteiger partial charge in [0.2, 0.25) is 11.5 Å². The molecule has 1 amide bonds. The van der Waals surface area contributed by atoms with E-state index in [2.05, 4.69) is 38.7 Å². The van der Waals surface area contributed by atoms with E-state index in [0.29, 0.717) is 52.7 Å². The number of aromatic nitrogens is 1. The summed E-state index contributed by atoms with van der Waals surface area (Å²) in [5.41, 5.74) is 3.18. The molecule has 1 saturated carbocycles. The van der Waals surface area contributed by atoms with Crippen LogP contribution in [0.25, 0.3) is 10.9 Å². The standard InChI is InChI=1S/C42H49ClN4O7/c1-53-36-22-33(32(43)21-28(36)23-44-24-35(49)30-10-12-34(48)40-31(30)11-13-39(51)46-40)45-38(50)9-5-7-26-6-4-8-29(20-26)42(16-2-3-17-42)41(52)54-37-25-47-18-14-27(37)15-19-47/h4,6,8,10-13,20-22,27,35,37,44,48-49H,2-3,5,7,9,14-19,23-25H2,1H3,(H,45,50)(H,46,51)/t35-,37-/m0/s1. The predicted octanol–water partition coefficient (Wildman–Crippen LogP) is 6.13. The monoisotopic (exact) mass is 756 g/mol. The molecule has 4 aromatic rings. The molecule has 8 rings (SSSR count). The molecule has 0 unspecified atom stereocenters. The third-order valence-corrected chi connectivity index (χ3v) is 11.9. The first-order valence-electron chi connectivity index (χ1n) is 19.1. The quantitative estimate of drug-likeness (QED) is 0.0957.